The molecule has 0 N–H and O–H groups in total. The van der Waals surface area contributed by atoms with Crippen LogP contribution in [-0.2, 0) is 16.7 Å². The lowest BCUT2D eigenvalue weighted by Crippen LogP contribution is -2.38. The second-order valence-corrected chi connectivity index (χ2v) is 12.2. The van der Waals surface area contributed by atoms with Crippen LogP contribution < -0.4 is 4.90 Å². The molecule has 1 saturated heterocycles. The van der Waals surface area contributed by atoms with Crippen molar-refractivity contribution < 1.29 is 4.74 Å². The summed E-state index contributed by atoms with van der Waals surface area (Å²) < 4.78 is 7.66. The van der Waals surface area contributed by atoms with Crippen molar-refractivity contribution in [3.05, 3.63) is 138 Å². The Morgan fingerprint density at radius 2 is 1.51 bits per heavy atom. The van der Waals surface area contributed by atoms with E-state index >= 15 is 0 Å². The lowest BCUT2D eigenvalue weighted by atomic mass is 9.75. The molecule has 3 heterocycles. The van der Waals surface area contributed by atoms with E-state index in [0.717, 1.165) is 44.8 Å². The molecule has 1 aromatic heterocycles. The molecule has 1 fully saturated rings. The Balaban J connectivity index is 1.11. The van der Waals surface area contributed by atoms with Crippen molar-refractivity contribution in [3.63, 3.8) is 0 Å². The highest BCUT2D eigenvalue weighted by Crippen LogP contribution is 2.48. The van der Waals surface area contributed by atoms with Gasteiger partial charge in [0.1, 0.15) is 0 Å². The van der Waals surface area contributed by atoms with Crippen molar-refractivity contribution in [1.29, 1.82) is 0 Å². The van der Waals surface area contributed by atoms with Gasteiger partial charge in [0.2, 0.25) is 0 Å². The Kier molecular flexibility index (Phi) is 6.54. The molecule has 6 aromatic rings. The quantitative estimate of drug-likeness (QED) is 0.203. The highest BCUT2D eigenvalue weighted by atomic mass is 35.5. The summed E-state index contributed by atoms with van der Waals surface area (Å²) in [5, 5.41) is 7.61. The molecule has 0 aliphatic carbocycles. The lowest BCUT2D eigenvalue weighted by Gasteiger charge is -2.34. The van der Waals surface area contributed by atoms with Crippen LogP contribution in [0.15, 0.2) is 122 Å². The Labute approximate surface area is 257 Å². The highest BCUT2D eigenvalue weighted by molar-refractivity contribution is 6.32. The van der Waals surface area contributed by atoms with Gasteiger partial charge in [-0.1, -0.05) is 90.5 Å². The normalized spacial score (nSPS) is 15.7. The third-order valence-electron chi connectivity index (χ3n) is 9.31. The third kappa shape index (κ3) is 4.71. The first-order chi connectivity index (χ1) is 21.2. The van der Waals surface area contributed by atoms with E-state index in [9.17, 15) is 0 Å². The monoisotopic (exact) mass is 581 g/mol. The van der Waals surface area contributed by atoms with Gasteiger partial charge in [-0.25, -0.2) is 4.68 Å². The SMILES string of the molecule is Clc1cc(CN2CC3(CCOCC3)c3cc(-c4ccc(-c5cccc6ccccc56)cc4)ccc32)ccc1-n1cccn1. The van der Waals surface area contributed by atoms with E-state index in [4.69, 9.17) is 16.3 Å². The zero-order valence-electron chi connectivity index (χ0n) is 23.9. The maximum Gasteiger partial charge on any atom is 0.0831 e. The number of ether oxygens (including phenoxy) is 1. The van der Waals surface area contributed by atoms with Crippen LogP contribution in [0, 0.1) is 0 Å². The number of hydrogen-bond acceptors (Lipinski definition) is 3. The Bertz CT molecular complexity index is 1920. The van der Waals surface area contributed by atoms with Crippen molar-refractivity contribution >= 4 is 28.1 Å². The van der Waals surface area contributed by atoms with Gasteiger partial charge >= 0.3 is 0 Å². The summed E-state index contributed by atoms with van der Waals surface area (Å²) in [4.78, 5) is 2.54. The molecule has 0 saturated carbocycles. The second-order valence-electron chi connectivity index (χ2n) is 11.8. The number of fused-ring (bicyclic) bond motifs is 3. The van der Waals surface area contributed by atoms with Gasteiger partial charge in [0.05, 0.1) is 10.7 Å². The first kappa shape index (κ1) is 26.3. The van der Waals surface area contributed by atoms with Crippen molar-refractivity contribution in [2.75, 3.05) is 24.7 Å². The van der Waals surface area contributed by atoms with Crippen molar-refractivity contribution in [2.45, 2.75) is 24.8 Å². The highest BCUT2D eigenvalue weighted by Gasteiger charge is 2.43. The van der Waals surface area contributed by atoms with E-state index < -0.39 is 0 Å². The summed E-state index contributed by atoms with van der Waals surface area (Å²) in [5.41, 5.74) is 10.00. The van der Waals surface area contributed by atoms with Gasteiger partial charge in [-0.2, -0.15) is 5.10 Å². The Hall–Kier alpha value is -4.38. The molecule has 43 heavy (non-hydrogen) atoms. The van der Waals surface area contributed by atoms with Crippen molar-refractivity contribution in [1.82, 2.24) is 9.78 Å². The van der Waals surface area contributed by atoms with Gasteiger partial charge in [-0.15, -0.1) is 0 Å². The average molecular weight is 582 g/mol. The summed E-state index contributed by atoms with van der Waals surface area (Å²) in [7, 11) is 0. The van der Waals surface area contributed by atoms with Gasteiger partial charge in [-0.05, 0) is 87.3 Å². The molecule has 1 spiro atoms. The van der Waals surface area contributed by atoms with E-state index in [2.05, 4.69) is 113 Å². The van der Waals surface area contributed by atoms with Gasteiger partial charge in [0.15, 0.2) is 0 Å². The molecular weight excluding hydrogens is 550 g/mol. The zero-order valence-corrected chi connectivity index (χ0v) is 24.7. The number of nitrogens with zero attached hydrogens (tertiary/aromatic N) is 3. The molecule has 5 heteroatoms. The molecule has 0 bridgehead atoms. The zero-order chi connectivity index (χ0) is 28.8. The molecule has 2 aliphatic heterocycles. The number of aromatic nitrogens is 2. The number of rotatable bonds is 5. The molecule has 0 amide bonds. The number of benzene rings is 5. The van der Waals surface area contributed by atoms with Crippen LogP contribution in [-0.4, -0.2) is 29.5 Å². The first-order valence-corrected chi connectivity index (χ1v) is 15.4. The number of hydrogen-bond donors (Lipinski definition) is 0. The van der Waals surface area contributed by atoms with Crippen LogP contribution in [0.2, 0.25) is 5.02 Å². The summed E-state index contributed by atoms with van der Waals surface area (Å²) >= 11 is 6.72. The number of anilines is 1. The lowest BCUT2D eigenvalue weighted by molar-refractivity contribution is 0.0553. The summed E-state index contributed by atoms with van der Waals surface area (Å²) in [6.07, 6.45) is 5.77. The third-order valence-corrected chi connectivity index (χ3v) is 9.61. The van der Waals surface area contributed by atoms with E-state index in [0.29, 0.717) is 5.02 Å². The van der Waals surface area contributed by atoms with E-state index in [1.165, 1.54) is 49.8 Å². The van der Waals surface area contributed by atoms with E-state index in [-0.39, 0.29) is 5.41 Å². The van der Waals surface area contributed by atoms with Crippen molar-refractivity contribution in [3.8, 4) is 27.9 Å². The van der Waals surface area contributed by atoms with Crippen LogP contribution in [0.25, 0.3) is 38.7 Å². The molecule has 5 aromatic carbocycles. The molecule has 0 unspecified atom stereocenters. The smallest absolute Gasteiger partial charge is 0.0831 e. The van der Waals surface area contributed by atoms with E-state index in [1.807, 2.05) is 16.9 Å². The molecule has 8 rings (SSSR count). The number of halogens is 1. The van der Waals surface area contributed by atoms with Crippen molar-refractivity contribution in [2.24, 2.45) is 0 Å². The molecular formula is C38H32ClN3O. The summed E-state index contributed by atoms with van der Waals surface area (Å²) in [6, 6.07) is 39.5. The first-order valence-electron chi connectivity index (χ1n) is 15.0. The largest absolute Gasteiger partial charge is 0.381 e. The van der Waals surface area contributed by atoms with E-state index in [1.54, 1.807) is 6.20 Å². The fourth-order valence-corrected chi connectivity index (χ4v) is 7.36. The minimum atomic E-state index is 0.102. The minimum absolute atomic E-state index is 0.102. The molecule has 0 atom stereocenters. The van der Waals surface area contributed by atoms with Crippen LogP contribution in [0.4, 0.5) is 5.69 Å². The predicted octanol–water partition coefficient (Wildman–Crippen LogP) is 9.08. The van der Waals surface area contributed by atoms with Gasteiger partial charge in [-0.3, -0.25) is 0 Å². The van der Waals surface area contributed by atoms with Crippen LogP contribution in [0.1, 0.15) is 24.0 Å². The standard InChI is InChI=1S/C38H32ClN3O/c39-35-23-27(9-15-37(35)42-20-4-19-40-42)25-41-26-38(17-21-43-22-18-38)34-24-31(14-16-36(34)41)28-10-12-30(13-11-28)33-8-3-6-29-5-1-2-7-32(29)33/h1-16,19-20,23-24H,17-18,21-22,25-26H2. The predicted molar refractivity (Wildman–Crippen MR) is 176 cm³/mol. The van der Waals surface area contributed by atoms with Crippen LogP contribution >= 0.6 is 11.6 Å². The van der Waals surface area contributed by atoms with Gasteiger partial charge in [0.25, 0.3) is 0 Å². The second kappa shape index (κ2) is 10.7. The van der Waals surface area contributed by atoms with Crippen LogP contribution in [0.3, 0.4) is 0 Å². The average Bonchev–Trinajstić information content (AvgIpc) is 3.68. The minimum Gasteiger partial charge on any atom is -0.381 e. The molecule has 2 aliphatic rings. The maximum absolute atomic E-state index is 6.72. The van der Waals surface area contributed by atoms with Crippen LogP contribution in [0.5, 0.6) is 0 Å². The Morgan fingerprint density at radius 1 is 0.744 bits per heavy atom. The van der Waals surface area contributed by atoms with Gasteiger partial charge in [0, 0.05) is 49.8 Å². The molecule has 212 valence electrons. The van der Waals surface area contributed by atoms with Gasteiger partial charge < -0.3 is 9.64 Å². The molecule has 4 nitrogen and oxygen atoms in total. The summed E-state index contributed by atoms with van der Waals surface area (Å²) in [6.45, 7) is 3.42. The summed E-state index contributed by atoms with van der Waals surface area (Å²) in [5.74, 6) is 0. The topological polar surface area (TPSA) is 30.3 Å². The fourth-order valence-electron chi connectivity index (χ4n) is 7.07. The fraction of sp³-hybridized carbons (Fsp3) is 0.184. The maximum atomic E-state index is 6.72. The Morgan fingerprint density at radius 3 is 2.33 bits per heavy atom. The molecule has 0 radical (unpaired) electrons.